The molecule has 0 aromatic rings. The van der Waals surface area contributed by atoms with Crippen LogP contribution in [0.25, 0.3) is 0 Å². The molecule has 1 heterocycles. The van der Waals surface area contributed by atoms with E-state index in [4.69, 9.17) is 0 Å². The van der Waals surface area contributed by atoms with Gasteiger partial charge in [-0.25, -0.2) is 0 Å². The quantitative estimate of drug-likeness (QED) is 0.519. The normalized spacial score (nSPS) is 43.6. The Hall–Kier alpha value is 0.230. The molecule has 0 bridgehead atoms. The summed E-state index contributed by atoms with van der Waals surface area (Å²) in [5.74, 6) is 0.732. The fraction of sp³-hybridized carbons (Fsp3) is 1.00. The van der Waals surface area contributed by atoms with Crippen LogP contribution in [0.4, 0.5) is 0 Å². The van der Waals surface area contributed by atoms with E-state index in [1.165, 1.54) is 6.42 Å². The molecular formula is C7H15OP. The van der Waals surface area contributed by atoms with E-state index in [-0.39, 0.29) is 0 Å². The van der Waals surface area contributed by atoms with Crippen molar-refractivity contribution in [1.82, 2.24) is 0 Å². The average molecular weight is 146 g/mol. The van der Waals surface area contributed by atoms with Gasteiger partial charge in [-0.3, -0.25) is 0 Å². The summed E-state index contributed by atoms with van der Waals surface area (Å²) >= 11 is 0. The first-order chi connectivity index (χ1) is 4.16. The highest BCUT2D eigenvalue weighted by atomic mass is 31.2. The third kappa shape index (κ3) is 1.58. The summed E-state index contributed by atoms with van der Waals surface area (Å²) in [7, 11) is -1.61. The van der Waals surface area contributed by atoms with Gasteiger partial charge in [-0.1, -0.05) is 13.8 Å². The van der Waals surface area contributed by atoms with Gasteiger partial charge in [0.1, 0.15) is 0 Å². The van der Waals surface area contributed by atoms with Gasteiger partial charge in [0, 0.05) is 12.3 Å². The van der Waals surface area contributed by atoms with Crippen LogP contribution in [0.1, 0.15) is 20.3 Å². The molecule has 0 aromatic heterocycles. The molecular weight excluding hydrogens is 131 g/mol. The van der Waals surface area contributed by atoms with Crippen molar-refractivity contribution in [3.05, 3.63) is 0 Å². The van der Waals surface area contributed by atoms with E-state index >= 15 is 0 Å². The Morgan fingerprint density at radius 1 is 1.67 bits per heavy atom. The van der Waals surface area contributed by atoms with E-state index in [1.807, 2.05) is 0 Å². The highest BCUT2D eigenvalue weighted by molar-refractivity contribution is 7.64. The first kappa shape index (κ1) is 7.34. The molecule has 0 N–H and O–H groups in total. The molecule has 1 aliphatic heterocycles. The molecule has 2 heteroatoms. The summed E-state index contributed by atoms with van der Waals surface area (Å²) < 4.78 is 11.6. The van der Waals surface area contributed by atoms with Gasteiger partial charge in [0.2, 0.25) is 0 Å². The summed E-state index contributed by atoms with van der Waals surface area (Å²) in [6.07, 6.45) is 4.16. The van der Waals surface area contributed by atoms with Crippen LogP contribution in [-0.2, 0) is 4.57 Å². The summed E-state index contributed by atoms with van der Waals surface area (Å²) in [5, 5.41) is 0. The molecule has 2 atom stereocenters. The van der Waals surface area contributed by atoms with Gasteiger partial charge in [0.15, 0.2) is 0 Å². The van der Waals surface area contributed by atoms with Gasteiger partial charge in [-0.05, 0) is 18.5 Å². The first-order valence-electron chi connectivity index (χ1n) is 3.73. The SMILES string of the molecule is CCP1(=O)CCC(C)C1. The maximum Gasteiger partial charge on any atom is 0.0877 e. The molecule has 54 valence electrons. The lowest BCUT2D eigenvalue weighted by Crippen LogP contribution is -1.90. The van der Waals surface area contributed by atoms with Crippen LogP contribution in [0.15, 0.2) is 0 Å². The number of hydrogen-bond donors (Lipinski definition) is 0. The third-order valence-electron chi connectivity index (χ3n) is 2.25. The van der Waals surface area contributed by atoms with E-state index < -0.39 is 7.14 Å². The van der Waals surface area contributed by atoms with Gasteiger partial charge in [0.25, 0.3) is 0 Å². The van der Waals surface area contributed by atoms with Crippen molar-refractivity contribution in [3.8, 4) is 0 Å². The van der Waals surface area contributed by atoms with Crippen molar-refractivity contribution in [2.24, 2.45) is 5.92 Å². The molecule has 1 saturated heterocycles. The molecule has 2 unspecified atom stereocenters. The summed E-state index contributed by atoms with van der Waals surface area (Å²) in [6, 6.07) is 0. The fourth-order valence-electron chi connectivity index (χ4n) is 1.49. The van der Waals surface area contributed by atoms with Gasteiger partial charge in [0.05, 0.1) is 7.14 Å². The molecule has 0 aliphatic carbocycles. The molecule has 0 radical (unpaired) electrons. The second-order valence-corrected chi connectivity index (χ2v) is 6.74. The Balaban J connectivity index is 2.55. The fourth-order valence-corrected chi connectivity index (χ4v) is 4.48. The van der Waals surface area contributed by atoms with Crippen molar-refractivity contribution < 1.29 is 4.57 Å². The van der Waals surface area contributed by atoms with Gasteiger partial charge >= 0.3 is 0 Å². The van der Waals surface area contributed by atoms with Crippen LogP contribution < -0.4 is 0 Å². The molecule has 1 nitrogen and oxygen atoms in total. The summed E-state index contributed by atoms with van der Waals surface area (Å²) in [6.45, 7) is 4.26. The monoisotopic (exact) mass is 146 g/mol. The van der Waals surface area contributed by atoms with Crippen LogP contribution >= 0.6 is 7.14 Å². The minimum absolute atomic E-state index is 0.732. The van der Waals surface area contributed by atoms with Gasteiger partial charge < -0.3 is 4.57 Å². The van der Waals surface area contributed by atoms with Gasteiger partial charge in [-0.15, -0.1) is 0 Å². The lowest BCUT2D eigenvalue weighted by atomic mass is 10.2. The minimum atomic E-state index is -1.61. The third-order valence-corrected chi connectivity index (χ3v) is 5.76. The number of rotatable bonds is 1. The van der Waals surface area contributed by atoms with E-state index in [9.17, 15) is 4.57 Å². The zero-order valence-electron chi connectivity index (χ0n) is 6.26. The predicted molar refractivity (Wildman–Crippen MR) is 41.7 cm³/mol. The summed E-state index contributed by atoms with van der Waals surface area (Å²) in [5.41, 5.74) is 0. The molecule has 0 aromatic carbocycles. The number of hydrogen-bond acceptors (Lipinski definition) is 1. The van der Waals surface area contributed by atoms with E-state index in [0.717, 1.165) is 24.4 Å². The van der Waals surface area contributed by atoms with Crippen LogP contribution in [-0.4, -0.2) is 18.5 Å². The highest BCUT2D eigenvalue weighted by Gasteiger charge is 2.29. The summed E-state index contributed by atoms with van der Waals surface area (Å²) in [4.78, 5) is 0. The molecule has 0 amide bonds. The van der Waals surface area contributed by atoms with Crippen molar-refractivity contribution >= 4 is 7.14 Å². The Bertz CT molecular complexity index is 142. The van der Waals surface area contributed by atoms with E-state index in [0.29, 0.717) is 0 Å². The second-order valence-electron chi connectivity index (χ2n) is 3.17. The van der Waals surface area contributed by atoms with Crippen LogP contribution in [0.3, 0.4) is 0 Å². The molecule has 0 spiro atoms. The van der Waals surface area contributed by atoms with Crippen molar-refractivity contribution in [2.45, 2.75) is 20.3 Å². The minimum Gasteiger partial charge on any atom is -0.324 e. The first-order valence-corrected chi connectivity index (χ1v) is 5.99. The zero-order valence-corrected chi connectivity index (χ0v) is 7.16. The molecule has 1 fully saturated rings. The van der Waals surface area contributed by atoms with Crippen molar-refractivity contribution in [1.29, 1.82) is 0 Å². The topological polar surface area (TPSA) is 17.1 Å². The van der Waals surface area contributed by atoms with E-state index in [1.54, 1.807) is 0 Å². The molecule has 9 heavy (non-hydrogen) atoms. The standard InChI is InChI=1S/C7H15OP/c1-3-9(8)5-4-7(2)6-9/h7H,3-6H2,1-2H3. The Morgan fingerprint density at radius 3 is 2.56 bits per heavy atom. The second kappa shape index (κ2) is 2.46. The largest absolute Gasteiger partial charge is 0.324 e. The van der Waals surface area contributed by atoms with Crippen LogP contribution in [0.2, 0.25) is 0 Å². The predicted octanol–water partition coefficient (Wildman–Crippen LogP) is 2.41. The Kier molecular flexibility index (Phi) is 2.00. The van der Waals surface area contributed by atoms with Crippen LogP contribution in [0, 0.1) is 5.92 Å². The zero-order chi connectivity index (χ0) is 6.91. The Morgan fingerprint density at radius 2 is 2.33 bits per heavy atom. The van der Waals surface area contributed by atoms with E-state index in [2.05, 4.69) is 13.8 Å². The molecule has 1 aliphatic rings. The van der Waals surface area contributed by atoms with Crippen LogP contribution in [0.5, 0.6) is 0 Å². The molecule has 1 rings (SSSR count). The smallest absolute Gasteiger partial charge is 0.0877 e. The molecule has 0 saturated carbocycles. The highest BCUT2D eigenvalue weighted by Crippen LogP contribution is 2.53. The Labute approximate surface area is 57.2 Å². The lowest BCUT2D eigenvalue weighted by molar-refractivity contribution is 0.577. The average Bonchev–Trinajstić information content (AvgIpc) is 2.13. The lowest BCUT2D eigenvalue weighted by Gasteiger charge is -2.05. The van der Waals surface area contributed by atoms with Crippen molar-refractivity contribution in [3.63, 3.8) is 0 Å². The van der Waals surface area contributed by atoms with Gasteiger partial charge in [-0.2, -0.15) is 0 Å². The maximum absolute atomic E-state index is 11.6. The maximum atomic E-state index is 11.6. The van der Waals surface area contributed by atoms with Crippen molar-refractivity contribution in [2.75, 3.05) is 18.5 Å².